The summed E-state index contributed by atoms with van der Waals surface area (Å²) in [7, 11) is 0. The van der Waals surface area contributed by atoms with Crippen LogP contribution in [-0.2, 0) is 6.18 Å². The van der Waals surface area contributed by atoms with E-state index in [1.54, 1.807) is 0 Å². The van der Waals surface area contributed by atoms with Gasteiger partial charge in [0.2, 0.25) is 0 Å². The lowest BCUT2D eigenvalue weighted by molar-refractivity contribution is -0.137. The molecule has 0 spiro atoms. The topological polar surface area (TPSA) is 67.6 Å². The van der Waals surface area contributed by atoms with Crippen LogP contribution in [0.25, 0.3) is 0 Å². The molecule has 2 aromatic rings. The predicted octanol–water partition coefficient (Wildman–Crippen LogP) is 2.62. The largest absolute Gasteiger partial charge is 0.416 e. The Hall–Kier alpha value is -1.54. The maximum Gasteiger partial charge on any atom is 0.416 e. The van der Waals surface area contributed by atoms with Crippen molar-refractivity contribution in [3.05, 3.63) is 41.7 Å². The minimum Gasteiger partial charge on any atom is -0.323 e. The van der Waals surface area contributed by atoms with Crippen LogP contribution in [0.5, 0.6) is 0 Å². The molecule has 0 saturated carbocycles. The maximum atomic E-state index is 12.4. The second kappa shape index (κ2) is 5.62. The summed E-state index contributed by atoms with van der Waals surface area (Å²) in [6.07, 6.45) is -2.94. The standard InChI is InChI=1S/C11H11F3N4S/c12-11(13,14)8-3-1-7(2-4-8)9(15)5-19-10-16-6-17-18-10/h1-4,6,9H,5,15H2,(H,16,17,18). The van der Waals surface area contributed by atoms with Crippen LogP contribution in [-0.4, -0.2) is 20.9 Å². The SMILES string of the molecule is NC(CSc1ncn[nH]1)c1ccc(C(F)(F)F)cc1. The lowest BCUT2D eigenvalue weighted by Gasteiger charge is -2.12. The van der Waals surface area contributed by atoms with Crippen LogP contribution in [0.3, 0.4) is 0 Å². The number of benzene rings is 1. The molecule has 102 valence electrons. The monoisotopic (exact) mass is 288 g/mol. The van der Waals surface area contributed by atoms with Gasteiger partial charge in [-0.3, -0.25) is 5.10 Å². The Morgan fingerprint density at radius 3 is 2.47 bits per heavy atom. The fourth-order valence-corrected chi connectivity index (χ4v) is 2.22. The quantitative estimate of drug-likeness (QED) is 0.849. The van der Waals surface area contributed by atoms with Crippen molar-refractivity contribution in [2.75, 3.05) is 5.75 Å². The van der Waals surface area contributed by atoms with Crippen LogP contribution in [0.2, 0.25) is 0 Å². The summed E-state index contributed by atoms with van der Waals surface area (Å²) < 4.78 is 37.2. The van der Waals surface area contributed by atoms with Crippen molar-refractivity contribution in [3.63, 3.8) is 0 Å². The van der Waals surface area contributed by atoms with E-state index in [1.165, 1.54) is 30.2 Å². The van der Waals surface area contributed by atoms with E-state index in [0.29, 0.717) is 16.5 Å². The highest BCUT2D eigenvalue weighted by Gasteiger charge is 2.30. The minimum absolute atomic E-state index is 0.364. The molecule has 0 fully saturated rings. The van der Waals surface area contributed by atoms with Crippen molar-refractivity contribution in [3.8, 4) is 0 Å². The molecule has 0 saturated heterocycles. The molecule has 0 aliphatic carbocycles. The fraction of sp³-hybridized carbons (Fsp3) is 0.273. The van der Waals surface area contributed by atoms with E-state index in [2.05, 4.69) is 15.2 Å². The number of alkyl halides is 3. The summed E-state index contributed by atoms with van der Waals surface area (Å²) in [5.41, 5.74) is 5.88. The second-order valence-corrected chi connectivity index (χ2v) is 4.84. The van der Waals surface area contributed by atoms with Crippen molar-refractivity contribution in [1.82, 2.24) is 15.2 Å². The normalized spacial score (nSPS) is 13.5. The molecule has 4 nitrogen and oxygen atoms in total. The summed E-state index contributed by atoms with van der Waals surface area (Å²) in [5, 5.41) is 6.99. The number of halogens is 3. The van der Waals surface area contributed by atoms with E-state index in [0.717, 1.165) is 12.1 Å². The van der Waals surface area contributed by atoms with Gasteiger partial charge in [0, 0.05) is 11.8 Å². The molecule has 19 heavy (non-hydrogen) atoms. The number of nitrogens with zero attached hydrogens (tertiary/aromatic N) is 2. The van der Waals surface area contributed by atoms with E-state index < -0.39 is 11.7 Å². The zero-order valence-electron chi connectivity index (χ0n) is 9.69. The number of nitrogens with one attached hydrogen (secondary N) is 1. The third-order valence-electron chi connectivity index (χ3n) is 2.46. The van der Waals surface area contributed by atoms with Crippen LogP contribution in [0.4, 0.5) is 13.2 Å². The Morgan fingerprint density at radius 2 is 1.95 bits per heavy atom. The molecular weight excluding hydrogens is 277 g/mol. The lowest BCUT2D eigenvalue weighted by Crippen LogP contribution is -2.14. The molecule has 1 aromatic carbocycles. The van der Waals surface area contributed by atoms with Gasteiger partial charge in [0.05, 0.1) is 5.56 Å². The van der Waals surface area contributed by atoms with Gasteiger partial charge in [-0.05, 0) is 17.7 Å². The Bertz CT molecular complexity index is 510. The van der Waals surface area contributed by atoms with Gasteiger partial charge >= 0.3 is 6.18 Å². The van der Waals surface area contributed by atoms with E-state index >= 15 is 0 Å². The van der Waals surface area contributed by atoms with E-state index in [9.17, 15) is 13.2 Å². The number of aromatic amines is 1. The van der Waals surface area contributed by atoms with E-state index in [-0.39, 0.29) is 6.04 Å². The molecule has 1 aromatic heterocycles. The zero-order chi connectivity index (χ0) is 13.9. The molecule has 0 radical (unpaired) electrons. The van der Waals surface area contributed by atoms with Gasteiger partial charge in [-0.25, -0.2) is 4.98 Å². The molecule has 0 aliphatic heterocycles. The van der Waals surface area contributed by atoms with Crippen molar-refractivity contribution in [2.45, 2.75) is 17.4 Å². The van der Waals surface area contributed by atoms with Gasteiger partial charge in [-0.15, -0.1) is 0 Å². The minimum atomic E-state index is -4.32. The first-order chi connectivity index (χ1) is 8.97. The number of hydrogen-bond donors (Lipinski definition) is 2. The number of rotatable bonds is 4. The smallest absolute Gasteiger partial charge is 0.323 e. The number of nitrogens with two attached hydrogens (primary N) is 1. The first kappa shape index (κ1) is 13.9. The Labute approximate surface area is 111 Å². The number of thioether (sulfide) groups is 1. The molecule has 1 heterocycles. The van der Waals surface area contributed by atoms with Crippen LogP contribution < -0.4 is 5.73 Å². The summed E-state index contributed by atoms with van der Waals surface area (Å²) in [6.45, 7) is 0. The van der Waals surface area contributed by atoms with Gasteiger partial charge in [0.25, 0.3) is 0 Å². The number of hydrogen-bond acceptors (Lipinski definition) is 4. The number of H-pyrrole nitrogens is 1. The molecule has 0 amide bonds. The third kappa shape index (κ3) is 3.71. The summed E-state index contributed by atoms with van der Waals surface area (Å²) in [5.74, 6) is 0.501. The molecular formula is C11H11F3N4S. The zero-order valence-corrected chi connectivity index (χ0v) is 10.5. The maximum absolute atomic E-state index is 12.4. The molecule has 0 aliphatic rings. The summed E-state index contributed by atoms with van der Waals surface area (Å²) in [4.78, 5) is 3.92. The highest BCUT2D eigenvalue weighted by atomic mass is 32.2. The van der Waals surface area contributed by atoms with Gasteiger partial charge in [-0.1, -0.05) is 23.9 Å². The van der Waals surface area contributed by atoms with Gasteiger partial charge in [-0.2, -0.15) is 18.3 Å². The highest BCUT2D eigenvalue weighted by Crippen LogP contribution is 2.30. The molecule has 2 rings (SSSR count). The van der Waals surface area contributed by atoms with Crippen LogP contribution in [0, 0.1) is 0 Å². The van der Waals surface area contributed by atoms with Gasteiger partial charge < -0.3 is 5.73 Å². The Kier molecular flexibility index (Phi) is 4.11. The average Bonchev–Trinajstić information content (AvgIpc) is 2.88. The van der Waals surface area contributed by atoms with Crippen molar-refractivity contribution in [2.24, 2.45) is 5.73 Å². The number of aromatic nitrogens is 3. The van der Waals surface area contributed by atoms with E-state index in [4.69, 9.17) is 5.73 Å². The van der Waals surface area contributed by atoms with Crippen molar-refractivity contribution < 1.29 is 13.2 Å². The van der Waals surface area contributed by atoms with Crippen molar-refractivity contribution in [1.29, 1.82) is 0 Å². The summed E-state index contributed by atoms with van der Waals surface area (Å²) >= 11 is 1.36. The van der Waals surface area contributed by atoms with Crippen LogP contribution in [0.1, 0.15) is 17.2 Å². The van der Waals surface area contributed by atoms with E-state index in [1.807, 2.05) is 0 Å². The molecule has 8 heteroatoms. The summed E-state index contributed by atoms with van der Waals surface area (Å²) in [6, 6.07) is 4.50. The highest BCUT2D eigenvalue weighted by molar-refractivity contribution is 7.99. The third-order valence-corrected chi connectivity index (χ3v) is 3.45. The molecule has 0 bridgehead atoms. The second-order valence-electron chi connectivity index (χ2n) is 3.83. The Balaban J connectivity index is 1.97. The average molecular weight is 288 g/mol. The predicted molar refractivity (Wildman–Crippen MR) is 65.5 cm³/mol. The first-order valence-corrected chi connectivity index (χ1v) is 6.36. The molecule has 3 N–H and O–H groups in total. The molecule has 1 atom stereocenters. The first-order valence-electron chi connectivity index (χ1n) is 5.37. The Morgan fingerprint density at radius 1 is 1.26 bits per heavy atom. The van der Waals surface area contributed by atoms with Gasteiger partial charge in [0.15, 0.2) is 5.16 Å². The fourth-order valence-electron chi connectivity index (χ4n) is 1.45. The van der Waals surface area contributed by atoms with Gasteiger partial charge in [0.1, 0.15) is 6.33 Å². The molecule has 1 unspecified atom stereocenters. The van der Waals surface area contributed by atoms with Crippen molar-refractivity contribution >= 4 is 11.8 Å². The lowest BCUT2D eigenvalue weighted by atomic mass is 10.1. The van der Waals surface area contributed by atoms with Crippen LogP contribution in [0.15, 0.2) is 35.7 Å². The van der Waals surface area contributed by atoms with Crippen LogP contribution >= 0.6 is 11.8 Å².